The molecule has 35 heavy (non-hydrogen) atoms. The molecule has 0 saturated carbocycles. The van der Waals surface area contributed by atoms with Crippen molar-refractivity contribution in [2.75, 3.05) is 45.2 Å². The SMILES string of the molecule is CN(C)C(=O)c1ccc(N2CCC[C@H](N3CC[C@](CCCO)(c4ccc(F)cc4)OC3=O)C2)nc1. The Hall–Kier alpha value is -3.20. The number of aliphatic hydroxyl groups is 1. The lowest BCUT2D eigenvalue weighted by Gasteiger charge is -2.46. The van der Waals surface area contributed by atoms with Crippen LogP contribution in [0.2, 0.25) is 0 Å². The van der Waals surface area contributed by atoms with E-state index in [1.54, 1.807) is 43.4 Å². The topological polar surface area (TPSA) is 86.2 Å². The fraction of sp³-hybridized carbons (Fsp3) is 0.500. The molecule has 188 valence electrons. The Bertz CT molecular complexity index is 1030. The van der Waals surface area contributed by atoms with Gasteiger partial charge in [0.25, 0.3) is 5.91 Å². The molecule has 0 bridgehead atoms. The van der Waals surface area contributed by atoms with E-state index in [1.165, 1.54) is 17.0 Å². The van der Waals surface area contributed by atoms with Gasteiger partial charge in [-0.05, 0) is 55.5 Å². The molecule has 2 aliphatic rings. The highest BCUT2D eigenvalue weighted by Gasteiger charge is 2.44. The normalized spacial score (nSPS) is 22.6. The number of rotatable bonds is 7. The second-order valence-corrected chi connectivity index (χ2v) is 9.49. The number of anilines is 1. The molecule has 0 radical (unpaired) electrons. The Morgan fingerprint density at radius 1 is 1.23 bits per heavy atom. The van der Waals surface area contributed by atoms with Crippen LogP contribution in [0.1, 0.15) is 48.0 Å². The summed E-state index contributed by atoms with van der Waals surface area (Å²) in [5, 5.41) is 9.39. The van der Waals surface area contributed by atoms with Crippen LogP contribution in [0, 0.1) is 5.82 Å². The maximum Gasteiger partial charge on any atom is 0.410 e. The molecule has 2 fully saturated rings. The number of ether oxygens (including phenoxy) is 1. The maximum atomic E-state index is 13.5. The van der Waals surface area contributed by atoms with Gasteiger partial charge in [0.2, 0.25) is 0 Å². The van der Waals surface area contributed by atoms with Gasteiger partial charge in [-0.3, -0.25) is 4.79 Å². The van der Waals surface area contributed by atoms with Crippen LogP contribution in [0.5, 0.6) is 0 Å². The number of nitrogens with zero attached hydrogens (tertiary/aromatic N) is 4. The van der Waals surface area contributed by atoms with Gasteiger partial charge in [0, 0.05) is 53.0 Å². The van der Waals surface area contributed by atoms with E-state index >= 15 is 0 Å². The Morgan fingerprint density at radius 3 is 2.63 bits per heavy atom. The Kier molecular flexibility index (Phi) is 7.54. The lowest BCUT2D eigenvalue weighted by molar-refractivity contribution is -0.0697. The summed E-state index contributed by atoms with van der Waals surface area (Å²) < 4.78 is 19.6. The number of piperidine rings is 1. The molecule has 2 aliphatic heterocycles. The van der Waals surface area contributed by atoms with Crippen LogP contribution in [0.4, 0.5) is 15.0 Å². The molecular formula is C26H33FN4O4. The van der Waals surface area contributed by atoms with Gasteiger partial charge in [-0.15, -0.1) is 0 Å². The molecule has 2 saturated heterocycles. The molecule has 1 N–H and O–H groups in total. The Balaban J connectivity index is 1.45. The third kappa shape index (κ3) is 5.40. The van der Waals surface area contributed by atoms with Gasteiger partial charge in [-0.1, -0.05) is 12.1 Å². The van der Waals surface area contributed by atoms with Crippen molar-refractivity contribution < 1.29 is 23.8 Å². The van der Waals surface area contributed by atoms with Crippen molar-refractivity contribution in [1.29, 1.82) is 0 Å². The van der Waals surface area contributed by atoms with E-state index in [1.807, 2.05) is 6.07 Å². The van der Waals surface area contributed by atoms with Gasteiger partial charge in [0.05, 0.1) is 11.6 Å². The van der Waals surface area contributed by atoms with E-state index in [0.29, 0.717) is 37.9 Å². The van der Waals surface area contributed by atoms with Crippen LogP contribution in [-0.2, 0) is 10.3 Å². The first kappa shape index (κ1) is 24.9. The number of pyridine rings is 1. The summed E-state index contributed by atoms with van der Waals surface area (Å²) in [7, 11) is 3.41. The maximum absolute atomic E-state index is 13.5. The van der Waals surface area contributed by atoms with Crippen molar-refractivity contribution in [3.8, 4) is 0 Å². The van der Waals surface area contributed by atoms with E-state index in [-0.39, 0.29) is 30.5 Å². The average molecular weight is 485 g/mol. The van der Waals surface area contributed by atoms with Gasteiger partial charge < -0.3 is 24.5 Å². The highest BCUT2D eigenvalue weighted by atomic mass is 19.1. The Morgan fingerprint density at radius 2 is 2.00 bits per heavy atom. The third-order valence-electron chi connectivity index (χ3n) is 6.95. The molecule has 3 heterocycles. The second-order valence-electron chi connectivity index (χ2n) is 9.49. The van der Waals surface area contributed by atoms with E-state index in [0.717, 1.165) is 30.8 Å². The first-order valence-electron chi connectivity index (χ1n) is 12.1. The molecule has 0 spiro atoms. The fourth-order valence-corrected chi connectivity index (χ4v) is 5.02. The van der Waals surface area contributed by atoms with Crippen LogP contribution in [0.15, 0.2) is 42.6 Å². The number of carbonyl (C=O) groups is 2. The molecule has 1 aromatic heterocycles. The summed E-state index contributed by atoms with van der Waals surface area (Å²) in [5.74, 6) is 0.339. The molecule has 2 amide bonds. The number of carbonyl (C=O) groups excluding carboxylic acids is 2. The van der Waals surface area contributed by atoms with Crippen LogP contribution >= 0.6 is 0 Å². The van der Waals surface area contributed by atoms with Crippen molar-refractivity contribution in [1.82, 2.24) is 14.8 Å². The van der Waals surface area contributed by atoms with E-state index < -0.39 is 5.60 Å². The van der Waals surface area contributed by atoms with Gasteiger partial charge in [0.15, 0.2) is 0 Å². The van der Waals surface area contributed by atoms with Gasteiger partial charge in [0.1, 0.15) is 17.2 Å². The van der Waals surface area contributed by atoms with Gasteiger partial charge in [-0.2, -0.15) is 0 Å². The lowest BCUT2D eigenvalue weighted by atomic mass is 9.84. The average Bonchev–Trinajstić information content (AvgIpc) is 2.87. The van der Waals surface area contributed by atoms with Gasteiger partial charge in [-0.25, -0.2) is 14.2 Å². The first-order chi connectivity index (χ1) is 16.8. The van der Waals surface area contributed by atoms with E-state index in [4.69, 9.17) is 4.74 Å². The van der Waals surface area contributed by atoms with Crippen LogP contribution in [0.3, 0.4) is 0 Å². The number of hydrogen-bond donors (Lipinski definition) is 1. The van der Waals surface area contributed by atoms with Crippen LogP contribution in [-0.4, -0.2) is 78.3 Å². The highest BCUT2D eigenvalue weighted by Crippen LogP contribution is 2.39. The predicted molar refractivity (Wildman–Crippen MR) is 130 cm³/mol. The zero-order chi connectivity index (χ0) is 25.0. The summed E-state index contributed by atoms with van der Waals surface area (Å²) >= 11 is 0. The summed E-state index contributed by atoms with van der Waals surface area (Å²) in [6.45, 7) is 1.96. The minimum atomic E-state index is -0.866. The van der Waals surface area contributed by atoms with Crippen molar-refractivity contribution >= 4 is 17.8 Å². The summed E-state index contributed by atoms with van der Waals surface area (Å²) in [4.78, 5) is 35.3. The zero-order valence-corrected chi connectivity index (χ0v) is 20.3. The number of cyclic esters (lactones) is 1. The smallest absolute Gasteiger partial charge is 0.410 e. The molecule has 1 aromatic carbocycles. The molecular weight excluding hydrogens is 451 g/mol. The van der Waals surface area contributed by atoms with Crippen LogP contribution in [0.25, 0.3) is 0 Å². The summed E-state index contributed by atoms with van der Waals surface area (Å²) in [6, 6.07) is 9.68. The van der Waals surface area contributed by atoms with E-state index in [9.17, 15) is 19.1 Å². The highest BCUT2D eigenvalue weighted by molar-refractivity contribution is 5.93. The van der Waals surface area contributed by atoms with Crippen LogP contribution < -0.4 is 4.90 Å². The number of halogens is 1. The van der Waals surface area contributed by atoms with E-state index in [2.05, 4.69) is 9.88 Å². The molecule has 0 aliphatic carbocycles. The number of hydrogen-bond acceptors (Lipinski definition) is 6. The first-order valence-corrected chi connectivity index (χ1v) is 12.1. The number of aliphatic hydroxyl groups excluding tert-OH is 1. The molecule has 9 heteroatoms. The van der Waals surface area contributed by atoms with Crippen molar-refractivity contribution in [3.05, 3.63) is 59.5 Å². The van der Waals surface area contributed by atoms with Gasteiger partial charge >= 0.3 is 6.09 Å². The van der Waals surface area contributed by atoms with Crippen molar-refractivity contribution in [3.63, 3.8) is 0 Å². The monoisotopic (exact) mass is 484 g/mol. The minimum absolute atomic E-state index is 0.00623. The third-order valence-corrected chi connectivity index (χ3v) is 6.95. The van der Waals surface area contributed by atoms with Crippen molar-refractivity contribution in [2.45, 2.75) is 43.7 Å². The number of aromatic nitrogens is 1. The summed E-state index contributed by atoms with van der Waals surface area (Å²) in [5.41, 5.74) is 0.420. The largest absolute Gasteiger partial charge is 0.438 e. The predicted octanol–water partition coefficient (Wildman–Crippen LogP) is 3.40. The summed E-state index contributed by atoms with van der Waals surface area (Å²) in [6.07, 6.45) is 4.51. The molecule has 2 aromatic rings. The molecule has 8 nitrogen and oxygen atoms in total. The Labute approximate surface area is 205 Å². The fourth-order valence-electron chi connectivity index (χ4n) is 5.02. The second kappa shape index (κ2) is 10.6. The molecule has 0 unspecified atom stereocenters. The van der Waals surface area contributed by atoms with Crippen molar-refractivity contribution in [2.24, 2.45) is 0 Å². The zero-order valence-electron chi connectivity index (χ0n) is 20.3. The standard InChI is InChI=1S/C26H33FN4O4/c1-29(2)24(33)19-6-11-23(28-17-19)30-14-3-5-22(18-30)31-15-13-26(12-4-16-32,35-25(31)34)20-7-9-21(27)10-8-20/h6-11,17,22,32H,3-5,12-16,18H2,1-2H3/t22-,26+/m0/s1. The quantitative estimate of drug-likeness (QED) is 0.648. The molecule has 2 atom stereocenters. The molecule has 4 rings (SSSR count). The number of amides is 2. The lowest BCUT2D eigenvalue weighted by Crippen LogP contribution is -2.56. The number of benzene rings is 1. The minimum Gasteiger partial charge on any atom is -0.438 e.